The molecule has 0 saturated heterocycles. The summed E-state index contributed by atoms with van der Waals surface area (Å²) in [6, 6.07) is 1.90. The molecule has 1 atom stereocenters. The average Bonchev–Trinajstić information content (AvgIpc) is 3.07. The zero-order valence-electron chi connectivity index (χ0n) is 9.12. The molecule has 1 fully saturated rings. The third-order valence-electron chi connectivity index (χ3n) is 3.01. The van der Waals surface area contributed by atoms with Gasteiger partial charge in [-0.3, -0.25) is 4.98 Å². The third kappa shape index (κ3) is 1.82. The van der Waals surface area contributed by atoms with Crippen LogP contribution >= 0.6 is 0 Å². The van der Waals surface area contributed by atoms with Crippen molar-refractivity contribution in [2.75, 3.05) is 0 Å². The molecule has 0 radical (unpaired) electrons. The van der Waals surface area contributed by atoms with Gasteiger partial charge in [-0.2, -0.15) is 0 Å². The van der Waals surface area contributed by atoms with Crippen molar-refractivity contribution < 1.29 is 9.50 Å². The fraction of sp³-hybridized carbons (Fsp3) is 0.333. The zero-order valence-corrected chi connectivity index (χ0v) is 9.12. The van der Waals surface area contributed by atoms with Gasteiger partial charge in [-0.25, -0.2) is 9.37 Å². The van der Waals surface area contributed by atoms with Crippen LogP contribution in [-0.4, -0.2) is 19.6 Å². The molecule has 1 N–H and O–H groups in total. The fourth-order valence-electron chi connectivity index (χ4n) is 1.95. The smallest absolute Gasteiger partial charge is 0.147 e. The number of hydrogen-bond donors (Lipinski definition) is 1. The van der Waals surface area contributed by atoms with E-state index < -0.39 is 11.9 Å². The Labute approximate surface area is 97.8 Å². The number of imidazole rings is 1. The van der Waals surface area contributed by atoms with Gasteiger partial charge >= 0.3 is 0 Å². The van der Waals surface area contributed by atoms with Crippen LogP contribution < -0.4 is 0 Å². The molecule has 88 valence electrons. The van der Waals surface area contributed by atoms with E-state index >= 15 is 0 Å². The van der Waals surface area contributed by atoms with Gasteiger partial charge in [0.15, 0.2) is 0 Å². The summed E-state index contributed by atoms with van der Waals surface area (Å²) in [6.45, 7) is 0. The van der Waals surface area contributed by atoms with Crippen molar-refractivity contribution in [1.29, 1.82) is 0 Å². The van der Waals surface area contributed by atoms with Crippen molar-refractivity contribution >= 4 is 0 Å². The number of hydrogen-bond acceptors (Lipinski definition) is 3. The van der Waals surface area contributed by atoms with Gasteiger partial charge in [0.05, 0.1) is 24.4 Å². The van der Waals surface area contributed by atoms with Crippen molar-refractivity contribution in [2.24, 2.45) is 0 Å². The molecule has 4 nitrogen and oxygen atoms in total. The lowest BCUT2D eigenvalue weighted by Crippen LogP contribution is -2.08. The van der Waals surface area contributed by atoms with Crippen LogP contribution in [0.3, 0.4) is 0 Å². The second-order valence-corrected chi connectivity index (χ2v) is 4.26. The first-order chi connectivity index (χ1) is 8.27. The summed E-state index contributed by atoms with van der Waals surface area (Å²) in [5.41, 5.74) is 0.875. The Kier molecular flexibility index (Phi) is 2.40. The topological polar surface area (TPSA) is 50.9 Å². The summed E-state index contributed by atoms with van der Waals surface area (Å²) in [4.78, 5) is 7.69. The second-order valence-electron chi connectivity index (χ2n) is 4.26. The summed E-state index contributed by atoms with van der Waals surface area (Å²) in [6.07, 6.45) is 7.05. The zero-order chi connectivity index (χ0) is 11.8. The average molecular weight is 233 g/mol. The van der Waals surface area contributed by atoms with E-state index in [0.717, 1.165) is 19.0 Å². The van der Waals surface area contributed by atoms with E-state index in [-0.39, 0.29) is 5.56 Å². The molecular weight excluding hydrogens is 221 g/mol. The van der Waals surface area contributed by atoms with Gasteiger partial charge in [0.2, 0.25) is 0 Å². The molecule has 5 heteroatoms. The number of aliphatic hydroxyl groups excluding tert-OH is 1. The standard InChI is InChI=1S/C12H12FN3O/c13-10-5-14-4-3-9(10)12(17)11-6-15-7-16(11)8-1-2-8/h3-8,12,17H,1-2H2. The Hall–Kier alpha value is -1.75. The van der Waals surface area contributed by atoms with E-state index in [1.165, 1.54) is 12.3 Å². The third-order valence-corrected chi connectivity index (χ3v) is 3.01. The van der Waals surface area contributed by atoms with E-state index in [4.69, 9.17) is 0 Å². The van der Waals surface area contributed by atoms with E-state index in [0.29, 0.717) is 11.7 Å². The molecule has 3 rings (SSSR count). The fourth-order valence-corrected chi connectivity index (χ4v) is 1.95. The summed E-state index contributed by atoms with van der Waals surface area (Å²) < 4.78 is 15.4. The summed E-state index contributed by atoms with van der Waals surface area (Å²) in [5, 5.41) is 10.2. The lowest BCUT2D eigenvalue weighted by atomic mass is 10.1. The van der Waals surface area contributed by atoms with Crippen LogP contribution in [0.2, 0.25) is 0 Å². The van der Waals surface area contributed by atoms with Crippen LogP contribution in [0.15, 0.2) is 31.0 Å². The monoisotopic (exact) mass is 233 g/mol. The maximum Gasteiger partial charge on any atom is 0.147 e. The lowest BCUT2D eigenvalue weighted by Gasteiger charge is -2.14. The van der Waals surface area contributed by atoms with Crippen molar-refractivity contribution in [3.8, 4) is 0 Å². The Morgan fingerprint density at radius 2 is 2.18 bits per heavy atom. The minimum Gasteiger partial charge on any atom is -0.382 e. The highest BCUT2D eigenvalue weighted by molar-refractivity contribution is 5.24. The molecule has 0 aliphatic heterocycles. The highest BCUT2D eigenvalue weighted by atomic mass is 19.1. The number of nitrogens with zero attached hydrogens (tertiary/aromatic N) is 3. The van der Waals surface area contributed by atoms with Crippen LogP contribution in [0.1, 0.15) is 36.2 Å². The van der Waals surface area contributed by atoms with E-state index in [1.54, 1.807) is 12.5 Å². The second kappa shape index (κ2) is 3.92. The van der Waals surface area contributed by atoms with Gasteiger partial charge in [0.25, 0.3) is 0 Å². The molecule has 2 heterocycles. The summed E-state index contributed by atoms with van der Waals surface area (Å²) >= 11 is 0. The Bertz CT molecular complexity index is 536. The number of pyridine rings is 1. The van der Waals surface area contributed by atoms with E-state index in [9.17, 15) is 9.50 Å². The van der Waals surface area contributed by atoms with Crippen LogP contribution in [0.25, 0.3) is 0 Å². The lowest BCUT2D eigenvalue weighted by molar-refractivity contribution is 0.204. The predicted octanol–water partition coefficient (Wildman–Crippen LogP) is 1.83. The number of halogens is 1. The predicted molar refractivity (Wildman–Crippen MR) is 58.8 cm³/mol. The molecule has 1 aliphatic carbocycles. The molecule has 0 bridgehead atoms. The van der Waals surface area contributed by atoms with Crippen LogP contribution in [-0.2, 0) is 0 Å². The first-order valence-corrected chi connectivity index (χ1v) is 5.56. The van der Waals surface area contributed by atoms with E-state index in [1.807, 2.05) is 4.57 Å². The van der Waals surface area contributed by atoms with Crippen molar-refractivity contribution in [1.82, 2.24) is 14.5 Å². The molecule has 2 aromatic heterocycles. The number of aliphatic hydroxyl groups is 1. The maximum absolute atomic E-state index is 13.5. The quantitative estimate of drug-likeness (QED) is 0.880. The molecule has 0 spiro atoms. The van der Waals surface area contributed by atoms with Gasteiger partial charge in [-0.05, 0) is 18.9 Å². The van der Waals surface area contributed by atoms with Crippen molar-refractivity contribution in [3.05, 3.63) is 48.1 Å². The Morgan fingerprint density at radius 1 is 1.35 bits per heavy atom. The molecule has 2 aromatic rings. The van der Waals surface area contributed by atoms with Gasteiger partial charge in [0, 0.05) is 17.8 Å². The molecule has 17 heavy (non-hydrogen) atoms. The van der Waals surface area contributed by atoms with Crippen LogP contribution in [0.5, 0.6) is 0 Å². The van der Waals surface area contributed by atoms with E-state index in [2.05, 4.69) is 9.97 Å². The van der Waals surface area contributed by atoms with Gasteiger partial charge in [0.1, 0.15) is 11.9 Å². The van der Waals surface area contributed by atoms with Gasteiger partial charge < -0.3 is 9.67 Å². The van der Waals surface area contributed by atoms with Crippen molar-refractivity contribution in [3.63, 3.8) is 0 Å². The molecule has 0 amide bonds. The molecular formula is C12H12FN3O. The Balaban J connectivity index is 1.98. The highest BCUT2D eigenvalue weighted by Gasteiger charge is 2.28. The SMILES string of the molecule is OC(c1ccncc1F)c1cncn1C1CC1. The van der Waals surface area contributed by atoms with Crippen LogP contribution in [0, 0.1) is 5.82 Å². The first kappa shape index (κ1) is 10.4. The largest absolute Gasteiger partial charge is 0.382 e. The Morgan fingerprint density at radius 3 is 2.88 bits per heavy atom. The highest BCUT2D eigenvalue weighted by Crippen LogP contribution is 2.37. The minimum atomic E-state index is -0.985. The summed E-state index contributed by atoms with van der Waals surface area (Å²) in [5.74, 6) is -0.497. The number of aromatic nitrogens is 3. The first-order valence-electron chi connectivity index (χ1n) is 5.56. The molecule has 1 saturated carbocycles. The molecule has 1 unspecified atom stereocenters. The van der Waals surface area contributed by atoms with Gasteiger partial charge in [-0.1, -0.05) is 0 Å². The maximum atomic E-state index is 13.5. The normalized spacial score (nSPS) is 17.1. The summed E-state index contributed by atoms with van der Waals surface area (Å²) in [7, 11) is 0. The van der Waals surface area contributed by atoms with Gasteiger partial charge in [-0.15, -0.1) is 0 Å². The minimum absolute atomic E-state index is 0.238. The van der Waals surface area contributed by atoms with Crippen molar-refractivity contribution in [2.45, 2.75) is 25.0 Å². The van der Waals surface area contributed by atoms with Crippen LogP contribution in [0.4, 0.5) is 4.39 Å². The molecule has 1 aliphatic rings. The number of rotatable bonds is 3. The molecule has 0 aromatic carbocycles.